The van der Waals surface area contributed by atoms with Gasteiger partial charge in [0.1, 0.15) is 6.61 Å². The second-order valence-electron chi connectivity index (χ2n) is 5.23. The summed E-state index contributed by atoms with van der Waals surface area (Å²) in [6.45, 7) is 0.473. The number of H-pyrrole nitrogens is 1. The van der Waals surface area contributed by atoms with Crippen LogP contribution in [0.1, 0.15) is 17.5 Å². The molecule has 1 aromatic carbocycles. The molecule has 0 bridgehead atoms. The van der Waals surface area contributed by atoms with Crippen LogP contribution in [0, 0.1) is 0 Å². The number of benzene rings is 1. The van der Waals surface area contributed by atoms with Gasteiger partial charge in [-0.1, -0.05) is 30.3 Å². The molecule has 0 aliphatic carbocycles. The van der Waals surface area contributed by atoms with Crippen molar-refractivity contribution in [3.05, 3.63) is 59.9 Å². The number of ether oxygens (including phenoxy) is 2. The van der Waals surface area contributed by atoms with Crippen LogP contribution in [0.4, 0.5) is 0 Å². The monoisotopic (exact) mass is 310 g/mol. The van der Waals surface area contributed by atoms with E-state index in [9.17, 15) is 4.79 Å². The maximum absolute atomic E-state index is 11.3. The van der Waals surface area contributed by atoms with Crippen LogP contribution in [-0.4, -0.2) is 23.0 Å². The minimum absolute atomic E-state index is 0.214. The van der Waals surface area contributed by atoms with E-state index in [4.69, 9.17) is 4.74 Å². The first-order chi connectivity index (χ1) is 11.3. The summed E-state index contributed by atoms with van der Waals surface area (Å²) in [6.07, 6.45) is 4.62. The number of nitrogens with one attached hydrogen (secondary N) is 1. The molecule has 0 atom stereocenters. The number of methoxy groups -OCH3 is 1. The van der Waals surface area contributed by atoms with Gasteiger partial charge in [-0.3, -0.25) is 4.79 Å². The molecule has 23 heavy (non-hydrogen) atoms. The molecule has 0 unspecified atom stereocenters. The number of aryl methyl sites for hydroxylation is 1. The van der Waals surface area contributed by atoms with Crippen molar-refractivity contribution in [3.63, 3.8) is 0 Å². The van der Waals surface area contributed by atoms with Gasteiger partial charge >= 0.3 is 5.97 Å². The molecular weight excluding hydrogens is 292 g/mol. The van der Waals surface area contributed by atoms with Crippen molar-refractivity contribution in [1.29, 1.82) is 0 Å². The zero-order valence-corrected chi connectivity index (χ0v) is 12.9. The van der Waals surface area contributed by atoms with E-state index in [1.807, 2.05) is 42.6 Å². The molecule has 3 aromatic rings. The van der Waals surface area contributed by atoms with Crippen LogP contribution >= 0.6 is 0 Å². The fourth-order valence-corrected chi connectivity index (χ4v) is 2.42. The van der Waals surface area contributed by atoms with Crippen molar-refractivity contribution in [2.24, 2.45) is 0 Å². The van der Waals surface area contributed by atoms with Crippen LogP contribution in [0.15, 0.2) is 48.8 Å². The lowest BCUT2D eigenvalue weighted by Crippen LogP contribution is -2.01. The highest BCUT2D eigenvalue weighted by atomic mass is 16.5. The summed E-state index contributed by atoms with van der Waals surface area (Å²) >= 11 is 0. The fourth-order valence-electron chi connectivity index (χ4n) is 2.42. The van der Waals surface area contributed by atoms with Crippen LogP contribution in [0.25, 0.3) is 10.9 Å². The molecule has 0 amide bonds. The standard InChI is InChI=1S/C18H18N2O3/c1-22-18(21)8-7-14-10-19-16-11-20-17(9-15(14)16)23-12-13-5-3-2-4-6-13/h2-6,9-11,19H,7-8,12H2,1H3. The van der Waals surface area contributed by atoms with Gasteiger partial charge < -0.3 is 14.5 Å². The number of aromatic nitrogens is 2. The number of pyridine rings is 1. The van der Waals surface area contributed by atoms with Gasteiger partial charge in [0, 0.05) is 24.1 Å². The van der Waals surface area contributed by atoms with E-state index in [0.29, 0.717) is 25.3 Å². The number of carbonyl (C=O) groups is 1. The summed E-state index contributed by atoms with van der Waals surface area (Å²) in [5, 5.41) is 1.02. The summed E-state index contributed by atoms with van der Waals surface area (Å²) < 4.78 is 10.4. The van der Waals surface area contributed by atoms with E-state index in [1.165, 1.54) is 7.11 Å². The molecule has 5 nitrogen and oxygen atoms in total. The average Bonchev–Trinajstić information content (AvgIpc) is 3.01. The molecule has 0 spiro atoms. The van der Waals surface area contributed by atoms with Crippen molar-refractivity contribution in [1.82, 2.24) is 9.97 Å². The molecule has 3 rings (SSSR count). The predicted molar refractivity (Wildman–Crippen MR) is 87.2 cm³/mol. The quantitative estimate of drug-likeness (QED) is 0.710. The molecule has 2 aromatic heterocycles. The molecule has 0 saturated heterocycles. The molecule has 0 fully saturated rings. The second kappa shape index (κ2) is 6.96. The Kier molecular flexibility index (Phi) is 4.57. The SMILES string of the molecule is COC(=O)CCc1c[nH]c2cnc(OCc3ccccc3)cc12. The third-order valence-electron chi connectivity index (χ3n) is 3.68. The Bertz CT molecular complexity index is 796. The number of carbonyl (C=O) groups excluding carboxylic acids is 1. The molecule has 118 valence electrons. The third-order valence-corrected chi connectivity index (χ3v) is 3.68. The minimum Gasteiger partial charge on any atom is -0.473 e. The molecule has 5 heteroatoms. The van der Waals surface area contributed by atoms with Gasteiger partial charge in [0.05, 0.1) is 18.8 Å². The van der Waals surface area contributed by atoms with E-state index < -0.39 is 0 Å². The van der Waals surface area contributed by atoms with E-state index in [1.54, 1.807) is 6.20 Å². The van der Waals surface area contributed by atoms with Gasteiger partial charge in [-0.05, 0) is 17.5 Å². The lowest BCUT2D eigenvalue weighted by atomic mass is 10.1. The van der Waals surface area contributed by atoms with E-state index in [-0.39, 0.29) is 5.97 Å². The second-order valence-corrected chi connectivity index (χ2v) is 5.23. The van der Waals surface area contributed by atoms with E-state index >= 15 is 0 Å². The van der Waals surface area contributed by atoms with Crippen LogP contribution in [0.2, 0.25) is 0 Å². The number of nitrogens with zero attached hydrogens (tertiary/aromatic N) is 1. The normalized spacial score (nSPS) is 10.7. The largest absolute Gasteiger partial charge is 0.473 e. The average molecular weight is 310 g/mol. The minimum atomic E-state index is -0.214. The van der Waals surface area contributed by atoms with Crippen LogP contribution < -0.4 is 4.74 Å². The Morgan fingerprint density at radius 1 is 1.26 bits per heavy atom. The molecule has 2 heterocycles. The molecular formula is C18H18N2O3. The van der Waals surface area contributed by atoms with Gasteiger partial charge in [-0.15, -0.1) is 0 Å². The Morgan fingerprint density at radius 2 is 2.09 bits per heavy atom. The number of esters is 1. The first-order valence-corrected chi connectivity index (χ1v) is 7.46. The van der Waals surface area contributed by atoms with E-state index in [0.717, 1.165) is 22.0 Å². The summed E-state index contributed by atoms with van der Waals surface area (Å²) in [5.74, 6) is 0.356. The van der Waals surface area contributed by atoms with Crippen molar-refractivity contribution in [2.75, 3.05) is 7.11 Å². The Balaban J connectivity index is 1.73. The summed E-state index contributed by atoms with van der Waals surface area (Å²) in [4.78, 5) is 18.8. The Labute approximate surface area is 134 Å². The number of hydrogen-bond acceptors (Lipinski definition) is 4. The first kappa shape index (κ1) is 15.1. The molecule has 0 aliphatic heterocycles. The first-order valence-electron chi connectivity index (χ1n) is 7.46. The highest BCUT2D eigenvalue weighted by Crippen LogP contribution is 2.23. The van der Waals surface area contributed by atoms with Crippen LogP contribution in [-0.2, 0) is 22.6 Å². The highest BCUT2D eigenvalue weighted by molar-refractivity contribution is 5.84. The lowest BCUT2D eigenvalue weighted by Gasteiger charge is -2.06. The van der Waals surface area contributed by atoms with Gasteiger partial charge in [-0.25, -0.2) is 4.98 Å². The number of hydrogen-bond donors (Lipinski definition) is 1. The molecule has 0 radical (unpaired) electrons. The zero-order chi connectivity index (χ0) is 16.1. The van der Waals surface area contributed by atoms with Crippen molar-refractivity contribution >= 4 is 16.9 Å². The maximum atomic E-state index is 11.3. The summed E-state index contributed by atoms with van der Waals surface area (Å²) in [6, 6.07) is 11.9. The van der Waals surface area contributed by atoms with Crippen LogP contribution in [0.3, 0.4) is 0 Å². The fraction of sp³-hybridized carbons (Fsp3) is 0.222. The van der Waals surface area contributed by atoms with Gasteiger partial charge in [0.2, 0.25) is 5.88 Å². The van der Waals surface area contributed by atoms with Crippen molar-refractivity contribution in [3.8, 4) is 5.88 Å². The Morgan fingerprint density at radius 3 is 2.87 bits per heavy atom. The highest BCUT2D eigenvalue weighted by Gasteiger charge is 2.09. The zero-order valence-electron chi connectivity index (χ0n) is 12.9. The van der Waals surface area contributed by atoms with Gasteiger partial charge in [0.15, 0.2) is 0 Å². The number of fused-ring (bicyclic) bond motifs is 1. The predicted octanol–water partition coefficient (Wildman–Crippen LogP) is 3.25. The number of aromatic amines is 1. The smallest absolute Gasteiger partial charge is 0.305 e. The van der Waals surface area contributed by atoms with E-state index in [2.05, 4.69) is 14.7 Å². The van der Waals surface area contributed by atoms with Gasteiger partial charge in [0.25, 0.3) is 0 Å². The molecule has 0 aliphatic rings. The number of rotatable bonds is 6. The lowest BCUT2D eigenvalue weighted by molar-refractivity contribution is -0.140. The molecule has 1 N–H and O–H groups in total. The third kappa shape index (κ3) is 3.69. The van der Waals surface area contributed by atoms with Crippen molar-refractivity contribution < 1.29 is 14.3 Å². The summed E-state index contributed by atoms with van der Waals surface area (Å²) in [5.41, 5.74) is 3.07. The topological polar surface area (TPSA) is 64.2 Å². The van der Waals surface area contributed by atoms with Gasteiger partial charge in [-0.2, -0.15) is 0 Å². The maximum Gasteiger partial charge on any atom is 0.305 e. The van der Waals surface area contributed by atoms with Crippen LogP contribution in [0.5, 0.6) is 5.88 Å². The summed E-state index contributed by atoms with van der Waals surface area (Å²) in [7, 11) is 1.40. The Hall–Kier alpha value is -2.82. The molecule has 0 saturated carbocycles. The van der Waals surface area contributed by atoms with Crippen molar-refractivity contribution in [2.45, 2.75) is 19.4 Å².